The Kier molecular flexibility index (Phi) is 6.00. The highest BCUT2D eigenvalue weighted by molar-refractivity contribution is 5.91. The smallest absolute Gasteiger partial charge is 0.244 e. The second-order valence-electron chi connectivity index (χ2n) is 4.50. The Labute approximate surface area is 107 Å². The normalized spacial score (nSPS) is 12.9. The van der Waals surface area contributed by atoms with E-state index >= 15 is 0 Å². The number of aromatic nitrogens is 2. The number of rotatable bonds is 6. The standard InChI is InChI=1S/C13H19N3O2/c1-10(2)7-12(17)8-15-13(18)4-3-11-5-6-14-9-16-11/h3-6,9-10,12,17H,7-8H2,1-2H3,(H,15,18)/b4-3+. The first-order valence-corrected chi connectivity index (χ1v) is 5.98. The number of carbonyl (C=O) groups excluding carboxylic acids is 1. The fourth-order valence-electron chi connectivity index (χ4n) is 1.47. The van der Waals surface area contributed by atoms with Crippen molar-refractivity contribution in [2.24, 2.45) is 5.92 Å². The number of hydrogen-bond donors (Lipinski definition) is 2. The molecule has 0 spiro atoms. The Balaban J connectivity index is 2.32. The molecule has 0 radical (unpaired) electrons. The molecule has 1 unspecified atom stereocenters. The lowest BCUT2D eigenvalue weighted by molar-refractivity contribution is -0.116. The zero-order valence-corrected chi connectivity index (χ0v) is 10.7. The van der Waals surface area contributed by atoms with Gasteiger partial charge in [-0.2, -0.15) is 0 Å². The van der Waals surface area contributed by atoms with Gasteiger partial charge in [0.15, 0.2) is 0 Å². The van der Waals surface area contributed by atoms with Crippen LogP contribution in [-0.2, 0) is 4.79 Å². The van der Waals surface area contributed by atoms with E-state index in [9.17, 15) is 9.90 Å². The molecule has 2 N–H and O–H groups in total. The van der Waals surface area contributed by atoms with Crippen LogP contribution in [-0.4, -0.2) is 33.6 Å². The molecule has 0 aliphatic heterocycles. The molecular formula is C13H19N3O2. The third-order valence-corrected chi connectivity index (χ3v) is 2.27. The molecule has 98 valence electrons. The molecule has 1 rings (SSSR count). The van der Waals surface area contributed by atoms with Gasteiger partial charge in [0.1, 0.15) is 6.33 Å². The molecule has 18 heavy (non-hydrogen) atoms. The maximum Gasteiger partial charge on any atom is 0.244 e. The van der Waals surface area contributed by atoms with Gasteiger partial charge in [0, 0.05) is 18.8 Å². The summed E-state index contributed by atoms with van der Waals surface area (Å²) in [5.74, 6) is 0.171. The van der Waals surface area contributed by atoms with Crippen LogP contribution in [0.3, 0.4) is 0 Å². The molecule has 5 heteroatoms. The number of nitrogens with one attached hydrogen (secondary N) is 1. The first-order chi connectivity index (χ1) is 8.58. The second kappa shape index (κ2) is 7.55. The van der Waals surface area contributed by atoms with Crippen LogP contribution in [0.2, 0.25) is 0 Å². The van der Waals surface area contributed by atoms with Gasteiger partial charge in [0.05, 0.1) is 11.8 Å². The molecule has 0 bridgehead atoms. The highest BCUT2D eigenvalue weighted by Gasteiger charge is 2.07. The average Bonchev–Trinajstić information content (AvgIpc) is 2.34. The van der Waals surface area contributed by atoms with E-state index in [0.717, 1.165) is 0 Å². The molecule has 0 fully saturated rings. The van der Waals surface area contributed by atoms with Gasteiger partial charge in [-0.3, -0.25) is 4.79 Å². The van der Waals surface area contributed by atoms with Gasteiger partial charge >= 0.3 is 0 Å². The van der Waals surface area contributed by atoms with E-state index in [1.165, 1.54) is 12.4 Å². The maximum absolute atomic E-state index is 11.5. The molecule has 1 atom stereocenters. The van der Waals surface area contributed by atoms with Crippen LogP contribution in [0, 0.1) is 5.92 Å². The van der Waals surface area contributed by atoms with Crippen molar-refractivity contribution in [3.63, 3.8) is 0 Å². The topological polar surface area (TPSA) is 75.1 Å². The predicted molar refractivity (Wildman–Crippen MR) is 69.5 cm³/mol. The van der Waals surface area contributed by atoms with Crippen molar-refractivity contribution in [2.45, 2.75) is 26.4 Å². The number of aliphatic hydroxyl groups excluding tert-OH is 1. The van der Waals surface area contributed by atoms with Gasteiger partial charge in [0.2, 0.25) is 5.91 Å². The van der Waals surface area contributed by atoms with Gasteiger partial charge in [-0.1, -0.05) is 13.8 Å². The zero-order valence-electron chi connectivity index (χ0n) is 10.7. The summed E-state index contributed by atoms with van der Waals surface area (Å²) in [6.07, 6.45) is 6.20. The molecule has 1 aromatic heterocycles. The molecular weight excluding hydrogens is 230 g/mol. The molecule has 0 saturated heterocycles. The fourth-order valence-corrected chi connectivity index (χ4v) is 1.47. The molecule has 0 aliphatic rings. The highest BCUT2D eigenvalue weighted by atomic mass is 16.3. The third-order valence-electron chi connectivity index (χ3n) is 2.27. The maximum atomic E-state index is 11.5. The summed E-state index contributed by atoms with van der Waals surface area (Å²) >= 11 is 0. The van der Waals surface area contributed by atoms with Crippen molar-refractivity contribution in [1.82, 2.24) is 15.3 Å². The SMILES string of the molecule is CC(C)CC(O)CNC(=O)/C=C/c1ccncn1. The minimum atomic E-state index is -0.499. The Morgan fingerprint density at radius 1 is 1.56 bits per heavy atom. The number of hydrogen-bond acceptors (Lipinski definition) is 4. The van der Waals surface area contributed by atoms with E-state index in [1.54, 1.807) is 18.3 Å². The Morgan fingerprint density at radius 3 is 2.94 bits per heavy atom. The summed E-state index contributed by atoms with van der Waals surface area (Å²) in [5, 5.41) is 12.2. The van der Waals surface area contributed by atoms with Crippen molar-refractivity contribution < 1.29 is 9.90 Å². The van der Waals surface area contributed by atoms with E-state index in [-0.39, 0.29) is 12.5 Å². The lowest BCUT2D eigenvalue weighted by Crippen LogP contribution is -2.31. The number of nitrogens with zero attached hydrogens (tertiary/aromatic N) is 2. The van der Waals surface area contributed by atoms with E-state index < -0.39 is 6.10 Å². The van der Waals surface area contributed by atoms with Crippen LogP contribution < -0.4 is 5.32 Å². The Morgan fingerprint density at radius 2 is 2.33 bits per heavy atom. The van der Waals surface area contributed by atoms with Gasteiger partial charge in [0.25, 0.3) is 0 Å². The van der Waals surface area contributed by atoms with Gasteiger partial charge < -0.3 is 10.4 Å². The minimum absolute atomic E-state index is 0.239. The number of aliphatic hydroxyl groups is 1. The van der Waals surface area contributed by atoms with Crippen molar-refractivity contribution in [3.05, 3.63) is 30.4 Å². The molecule has 1 amide bonds. The monoisotopic (exact) mass is 249 g/mol. The zero-order chi connectivity index (χ0) is 13.4. The first kappa shape index (κ1) is 14.3. The van der Waals surface area contributed by atoms with Crippen molar-refractivity contribution in [2.75, 3.05) is 6.54 Å². The lowest BCUT2D eigenvalue weighted by atomic mass is 10.1. The van der Waals surface area contributed by atoms with Crippen LogP contribution in [0.1, 0.15) is 26.0 Å². The third kappa shape index (κ3) is 6.10. The predicted octanol–water partition coefficient (Wildman–Crippen LogP) is 1.01. The Hall–Kier alpha value is -1.75. The summed E-state index contributed by atoms with van der Waals surface area (Å²) in [6.45, 7) is 4.32. The summed E-state index contributed by atoms with van der Waals surface area (Å²) in [7, 11) is 0. The van der Waals surface area contributed by atoms with Crippen molar-refractivity contribution in [1.29, 1.82) is 0 Å². The fraction of sp³-hybridized carbons (Fsp3) is 0.462. The Bertz CT molecular complexity index is 390. The second-order valence-corrected chi connectivity index (χ2v) is 4.50. The van der Waals surface area contributed by atoms with Crippen LogP contribution in [0.5, 0.6) is 0 Å². The quantitative estimate of drug-likeness (QED) is 0.738. The highest BCUT2D eigenvalue weighted by Crippen LogP contribution is 2.03. The molecule has 0 saturated carbocycles. The molecule has 0 aromatic carbocycles. The molecule has 5 nitrogen and oxygen atoms in total. The summed E-state index contributed by atoms with van der Waals surface area (Å²) in [6, 6.07) is 1.71. The van der Waals surface area contributed by atoms with Crippen molar-refractivity contribution >= 4 is 12.0 Å². The molecule has 1 heterocycles. The van der Waals surface area contributed by atoms with Crippen LogP contribution >= 0.6 is 0 Å². The van der Waals surface area contributed by atoms with E-state index in [1.807, 2.05) is 13.8 Å². The van der Waals surface area contributed by atoms with Gasteiger partial charge in [-0.05, 0) is 24.5 Å². The summed E-state index contributed by atoms with van der Waals surface area (Å²) in [5.41, 5.74) is 0.669. The molecule has 0 aliphatic carbocycles. The number of amides is 1. The van der Waals surface area contributed by atoms with Gasteiger partial charge in [-0.25, -0.2) is 9.97 Å². The average molecular weight is 249 g/mol. The lowest BCUT2D eigenvalue weighted by Gasteiger charge is -2.12. The van der Waals surface area contributed by atoms with Crippen LogP contribution in [0.25, 0.3) is 6.08 Å². The van der Waals surface area contributed by atoms with E-state index in [4.69, 9.17) is 0 Å². The summed E-state index contributed by atoms with van der Waals surface area (Å²) in [4.78, 5) is 19.2. The number of carbonyl (C=O) groups is 1. The van der Waals surface area contributed by atoms with Crippen molar-refractivity contribution in [3.8, 4) is 0 Å². The minimum Gasteiger partial charge on any atom is -0.391 e. The first-order valence-electron chi connectivity index (χ1n) is 5.98. The van der Waals surface area contributed by atoms with Gasteiger partial charge in [-0.15, -0.1) is 0 Å². The van der Waals surface area contributed by atoms with E-state index in [0.29, 0.717) is 18.0 Å². The van der Waals surface area contributed by atoms with E-state index in [2.05, 4.69) is 15.3 Å². The largest absolute Gasteiger partial charge is 0.391 e. The summed E-state index contributed by atoms with van der Waals surface area (Å²) < 4.78 is 0. The van der Waals surface area contributed by atoms with Crippen LogP contribution in [0.15, 0.2) is 24.7 Å². The molecule has 1 aromatic rings. The van der Waals surface area contributed by atoms with Crippen LogP contribution in [0.4, 0.5) is 0 Å².